The van der Waals surface area contributed by atoms with Gasteiger partial charge in [-0.15, -0.1) is 0 Å². The van der Waals surface area contributed by atoms with E-state index >= 15 is 0 Å². The van der Waals surface area contributed by atoms with Crippen molar-refractivity contribution in [3.63, 3.8) is 0 Å². The lowest BCUT2D eigenvalue weighted by atomic mass is 10.1. The Bertz CT molecular complexity index is 333. The molecule has 3 nitrogen and oxygen atoms in total. The van der Waals surface area contributed by atoms with Crippen molar-refractivity contribution in [3.8, 4) is 0 Å². The van der Waals surface area contributed by atoms with E-state index in [1.165, 1.54) is 5.56 Å². The molecule has 0 aliphatic carbocycles. The van der Waals surface area contributed by atoms with E-state index in [0.29, 0.717) is 25.9 Å². The van der Waals surface area contributed by atoms with Crippen molar-refractivity contribution in [1.29, 1.82) is 0 Å². The first-order valence-electron chi connectivity index (χ1n) is 6.31. The average Bonchev–Trinajstić information content (AvgIpc) is 2.37. The van der Waals surface area contributed by atoms with E-state index in [2.05, 4.69) is 46.4 Å². The maximum atomic E-state index is 5.60. The molecular weight excluding hydrogens is 294 g/mol. The second-order valence-electron chi connectivity index (χ2n) is 4.12. The molecule has 1 atom stereocenters. The second kappa shape index (κ2) is 9.50. The standard InChI is InChI=1S/C14H22BrNO2/c1-3-16-13(11-18-9-8-17-2)10-12-6-4-5-7-14(12)15/h4-7,13,16H,3,8-11H2,1-2H3. The summed E-state index contributed by atoms with van der Waals surface area (Å²) in [5.74, 6) is 0. The van der Waals surface area contributed by atoms with E-state index in [9.17, 15) is 0 Å². The summed E-state index contributed by atoms with van der Waals surface area (Å²) in [5.41, 5.74) is 1.30. The minimum atomic E-state index is 0.338. The zero-order chi connectivity index (χ0) is 13.2. The number of halogens is 1. The van der Waals surface area contributed by atoms with Crippen LogP contribution >= 0.6 is 15.9 Å². The normalized spacial score (nSPS) is 12.6. The smallest absolute Gasteiger partial charge is 0.0701 e. The molecule has 102 valence electrons. The molecule has 0 saturated heterocycles. The highest BCUT2D eigenvalue weighted by Crippen LogP contribution is 2.17. The van der Waals surface area contributed by atoms with Crippen LogP contribution in [0.5, 0.6) is 0 Å². The van der Waals surface area contributed by atoms with Crippen molar-refractivity contribution in [2.24, 2.45) is 0 Å². The van der Waals surface area contributed by atoms with Crippen LogP contribution in [0.2, 0.25) is 0 Å². The zero-order valence-electron chi connectivity index (χ0n) is 11.1. The fourth-order valence-electron chi connectivity index (χ4n) is 1.78. The van der Waals surface area contributed by atoms with E-state index in [-0.39, 0.29) is 0 Å². The van der Waals surface area contributed by atoms with Gasteiger partial charge in [0.25, 0.3) is 0 Å². The molecule has 0 spiro atoms. The number of methoxy groups -OCH3 is 1. The third-order valence-electron chi connectivity index (χ3n) is 2.67. The number of ether oxygens (including phenoxy) is 2. The van der Waals surface area contributed by atoms with Crippen LogP contribution in [0.4, 0.5) is 0 Å². The summed E-state index contributed by atoms with van der Waals surface area (Å²) in [4.78, 5) is 0. The van der Waals surface area contributed by atoms with Crippen LogP contribution in [0.25, 0.3) is 0 Å². The molecule has 1 N–H and O–H groups in total. The molecule has 1 aromatic carbocycles. The van der Waals surface area contributed by atoms with E-state index < -0.39 is 0 Å². The summed E-state index contributed by atoms with van der Waals surface area (Å²) in [6, 6.07) is 8.65. The molecule has 1 unspecified atom stereocenters. The highest BCUT2D eigenvalue weighted by atomic mass is 79.9. The molecular formula is C14H22BrNO2. The van der Waals surface area contributed by atoms with Gasteiger partial charge in [-0.1, -0.05) is 41.1 Å². The first-order chi connectivity index (χ1) is 8.77. The maximum absolute atomic E-state index is 5.60. The van der Waals surface area contributed by atoms with Crippen molar-refractivity contribution in [2.75, 3.05) is 33.5 Å². The van der Waals surface area contributed by atoms with E-state index in [1.54, 1.807) is 7.11 Å². The van der Waals surface area contributed by atoms with E-state index in [4.69, 9.17) is 9.47 Å². The van der Waals surface area contributed by atoms with Gasteiger partial charge in [-0.2, -0.15) is 0 Å². The Morgan fingerprint density at radius 3 is 2.72 bits per heavy atom. The monoisotopic (exact) mass is 315 g/mol. The molecule has 0 saturated carbocycles. The molecule has 18 heavy (non-hydrogen) atoms. The van der Waals surface area contributed by atoms with Crippen LogP contribution in [0.15, 0.2) is 28.7 Å². The Balaban J connectivity index is 2.44. The van der Waals surface area contributed by atoms with Crippen LogP contribution < -0.4 is 5.32 Å². The summed E-state index contributed by atoms with van der Waals surface area (Å²) in [6.45, 7) is 5.06. The SMILES string of the molecule is CCNC(COCCOC)Cc1ccccc1Br. The fraction of sp³-hybridized carbons (Fsp3) is 0.571. The van der Waals surface area contributed by atoms with E-state index in [1.807, 2.05) is 6.07 Å². The largest absolute Gasteiger partial charge is 0.382 e. The van der Waals surface area contributed by atoms with E-state index in [0.717, 1.165) is 17.4 Å². The summed E-state index contributed by atoms with van der Waals surface area (Å²) in [7, 11) is 1.69. The summed E-state index contributed by atoms with van der Waals surface area (Å²) in [5, 5.41) is 3.45. The van der Waals surface area contributed by atoms with Crippen LogP contribution in [0.1, 0.15) is 12.5 Å². The molecule has 0 radical (unpaired) electrons. The quantitative estimate of drug-likeness (QED) is 0.711. The van der Waals surface area contributed by atoms with Gasteiger partial charge in [0, 0.05) is 17.6 Å². The third-order valence-corrected chi connectivity index (χ3v) is 3.44. The highest BCUT2D eigenvalue weighted by molar-refractivity contribution is 9.10. The van der Waals surface area contributed by atoms with Gasteiger partial charge in [0.2, 0.25) is 0 Å². The van der Waals surface area contributed by atoms with Gasteiger partial charge in [0.05, 0.1) is 19.8 Å². The molecule has 0 aliphatic rings. The molecule has 0 aliphatic heterocycles. The highest BCUT2D eigenvalue weighted by Gasteiger charge is 2.10. The number of nitrogens with one attached hydrogen (secondary N) is 1. The zero-order valence-corrected chi connectivity index (χ0v) is 12.7. The second-order valence-corrected chi connectivity index (χ2v) is 4.97. The lowest BCUT2D eigenvalue weighted by molar-refractivity contribution is 0.0589. The number of likely N-dealkylation sites (N-methyl/N-ethyl adjacent to an activating group) is 1. The van der Waals surface area contributed by atoms with Crippen molar-refractivity contribution >= 4 is 15.9 Å². The predicted octanol–water partition coefficient (Wildman–Crippen LogP) is 2.63. The summed E-state index contributed by atoms with van der Waals surface area (Å²) < 4.78 is 11.7. The number of benzene rings is 1. The Labute approximate surface area is 118 Å². The Morgan fingerprint density at radius 1 is 1.28 bits per heavy atom. The van der Waals surface area contributed by atoms with Crippen LogP contribution in [0.3, 0.4) is 0 Å². The van der Waals surface area contributed by atoms with Crippen molar-refractivity contribution < 1.29 is 9.47 Å². The molecule has 0 aromatic heterocycles. The van der Waals surface area contributed by atoms with Crippen LogP contribution in [-0.2, 0) is 15.9 Å². The van der Waals surface area contributed by atoms with Crippen LogP contribution in [-0.4, -0.2) is 39.5 Å². The van der Waals surface area contributed by atoms with Gasteiger partial charge < -0.3 is 14.8 Å². The van der Waals surface area contributed by atoms with Gasteiger partial charge in [0.15, 0.2) is 0 Å². The van der Waals surface area contributed by atoms with Crippen molar-refractivity contribution in [2.45, 2.75) is 19.4 Å². The van der Waals surface area contributed by atoms with Crippen molar-refractivity contribution in [1.82, 2.24) is 5.32 Å². The Hall–Kier alpha value is -0.420. The average molecular weight is 316 g/mol. The van der Waals surface area contributed by atoms with Crippen LogP contribution in [0, 0.1) is 0 Å². The number of hydrogen-bond donors (Lipinski definition) is 1. The Kier molecular flexibility index (Phi) is 8.25. The molecule has 4 heteroatoms. The number of rotatable bonds is 9. The predicted molar refractivity (Wildman–Crippen MR) is 78.0 cm³/mol. The number of hydrogen-bond acceptors (Lipinski definition) is 3. The van der Waals surface area contributed by atoms with Gasteiger partial charge in [-0.05, 0) is 24.6 Å². The minimum Gasteiger partial charge on any atom is -0.382 e. The maximum Gasteiger partial charge on any atom is 0.0701 e. The molecule has 0 amide bonds. The molecule has 0 fully saturated rings. The first kappa shape index (κ1) is 15.6. The lowest BCUT2D eigenvalue weighted by Gasteiger charge is -2.18. The minimum absolute atomic E-state index is 0.338. The molecule has 1 aromatic rings. The molecule has 0 bridgehead atoms. The van der Waals surface area contributed by atoms with Crippen molar-refractivity contribution in [3.05, 3.63) is 34.3 Å². The fourth-order valence-corrected chi connectivity index (χ4v) is 2.22. The Morgan fingerprint density at radius 2 is 2.06 bits per heavy atom. The van der Waals surface area contributed by atoms with Gasteiger partial charge in [-0.25, -0.2) is 0 Å². The van der Waals surface area contributed by atoms with Gasteiger partial charge in [0.1, 0.15) is 0 Å². The lowest BCUT2D eigenvalue weighted by Crippen LogP contribution is -2.35. The third kappa shape index (κ3) is 5.96. The van der Waals surface area contributed by atoms with Gasteiger partial charge in [-0.3, -0.25) is 0 Å². The molecule has 0 heterocycles. The first-order valence-corrected chi connectivity index (χ1v) is 7.10. The van der Waals surface area contributed by atoms with Gasteiger partial charge >= 0.3 is 0 Å². The summed E-state index contributed by atoms with van der Waals surface area (Å²) in [6.07, 6.45) is 0.961. The summed E-state index contributed by atoms with van der Waals surface area (Å²) >= 11 is 3.58. The molecule has 1 rings (SSSR count). The topological polar surface area (TPSA) is 30.5 Å².